The number of nitrogens with one attached hydrogen (secondary N) is 1. The van der Waals surface area contributed by atoms with Crippen LogP contribution in [-0.4, -0.2) is 4.98 Å². The summed E-state index contributed by atoms with van der Waals surface area (Å²) in [5.74, 6) is 0.964. The number of aromatic nitrogens is 1. The molecular weight excluding hydrogens is 771 g/mol. The summed E-state index contributed by atoms with van der Waals surface area (Å²) in [6.07, 6.45) is 5.87. The van der Waals surface area contributed by atoms with Gasteiger partial charge in [-0.15, -0.1) is 0 Å². The molecule has 5 heteroatoms. The number of hydrogen-bond donors (Lipinski definition) is 1. The molecule has 63 heavy (non-hydrogen) atoms. The maximum absolute atomic E-state index is 6.46. The van der Waals surface area contributed by atoms with Crippen molar-refractivity contribution in [2.45, 2.75) is 6.54 Å². The molecule has 0 amide bonds. The van der Waals surface area contributed by atoms with Gasteiger partial charge in [0.05, 0.1) is 6.54 Å². The fraction of sp³-hybridized carbons (Fsp3) is 0.0172. The number of pyridine rings is 1. The predicted octanol–water partition coefficient (Wildman–Crippen LogP) is 15.6. The Kier molecular flexibility index (Phi) is 8.82. The second kappa shape index (κ2) is 15.2. The summed E-state index contributed by atoms with van der Waals surface area (Å²) in [4.78, 5) is 6.81. The molecular formula is C58H39N3O2. The molecule has 12 rings (SSSR count). The lowest BCUT2D eigenvalue weighted by molar-refractivity contribution is 0.533. The highest BCUT2D eigenvalue weighted by molar-refractivity contribution is 6.08. The van der Waals surface area contributed by atoms with E-state index >= 15 is 0 Å². The minimum Gasteiger partial charge on any atom is -0.458 e. The van der Waals surface area contributed by atoms with Gasteiger partial charge in [0.2, 0.25) is 5.71 Å². The van der Waals surface area contributed by atoms with E-state index in [4.69, 9.17) is 8.83 Å². The van der Waals surface area contributed by atoms with Crippen molar-refractivity contribution in [2.24, 2.45) is 0 Å². The predicted molar refractivity (Wildman–Crippen MR) is 259 cm³/mol. The Balaban J connectivity index is 0.947. The monoisotopic (exact) mass is 809 g/mol. The molecule has 11 aromatic rings. The van der Waals surface area contributed by atoms with E-state index in [1.165, 1.54) is 27.8 Å². The first-order valence-electron chi connectivity index (χ1n) is 21.3. The van der Waals surface area contributed by atoms with Gasteiger partial charge in [0.15, 0.2) is 0 Å². The number of nitrogens with zero attached hydrogens (tertiary/aromatic N) is 2. The lowest BCUT2D eigenvalue weighted by Crippen LogP contribution is -2.09. The van der Waals surface area contributed by atoms with Crippen molar-refractivity contribution in [3.63, 3.8) is 0 Å². The third-order valence-electron chi connectivity index (χ3n) is 12.3. The molecule has 0 atom stereocenters. The van der Waals surface area contributed by atoms with Crippen LogP contribution in [0.2, 0.25) is 0 Å². The van der Waals surface area contributed by atoms with Gasteiger partial charge in [0.1, 0.15) is 16.9 Å². The average Bonchev–Trinajstić information content (AvgIpc) is 3.94. The lowest BCUT2D eigenvalue weighted by atomic mass is 9.91. The Morgan fingerprint density at radius 2 is 0.952 bits per heavy atom. The Morgan fingerprint density at radius 1 is 0.413 bits per heavy atom. The second-order valence-electron chi connectivity index (χ2n) is 15.9. The van der Waals surface area contributed by atoms with Crippen molar-refractivity contribution in [3.05, 3.63) is 224 Å². The van der Waals surface area contributed by atoms with Gasteiger partial charge in [0, 0.05) is 56.1 Å². The topological polar surface area (TPSA) is 54.4 Å². The van der Waals surface area contributed by atoms with E-state index in [-0.39, 0.29) is 0 Å². The number of rotatable bonds is 8. The zero-order chi connectivity index (χ0) is 41.7. The molecule has 0 unspecified atom stereocenters. The molecule has 0 bridgehead atoms. The fourth-order valence-electron chi connectivity index (χ4n) is 9.16. The standard InChI is InChI=1S/C58H39N3O2/c1-3-10-38(11-4-1)43-25-32-47(54(36-43)39-12-5-2-6-13-39)40-19-26-44(27-20-40)61(45-28-21-41(22-29-45)48-14-7-16-51-50-33-35-59-37-55(50)62-56(48)51)46-30-23-42(24-31-46)49-15-8-17-52-53-18-9-34-60-58(53)63-57(49)52/h1-36,59H,37H2. The molecule has 0 saturated heterocycles. The molecule has 0 aliphatic carbocycles. The third-order valence-corrected chi connectivity index (χ3v) is 12.3. The van der Waals surface area contributed by atoms with Crippen molar-refractivity contribution >= 4 is 56.2 Å². The number of furan rings is 2. The van der Waals surface area contributed by atoms with Gasteiger partial charge in [-0.2, -0.15) is 0 Å². The zero-order valence-corrected chi connectivity index (χ0v) is 34.2. The molecule has 1 N–H and O–H groups in total. The van der Waals surface area contributed by atoms with Crippen molar-refractivity contribution < 1.29 is 8.83 Å². The van der Waals surface area contributed by atoms with Gasteiger partial charge in [-0.25, -0.2) is 4.98 Å². The van der Waals surface area contributed by atoms with Crippen molar-refractivity contribution in [1.82, 2.24) is 10.3 Å². The normalized spacial score (nSPS) is 12.1. The van der Waals surface area contributed by atoms with Crippen molar-refractivity contribution in [1.29, 1.82) is 0 Å². The van der Waals surface area contributed by atoms with Gasteiger partial charge in [-0.05, 0) is 111 Å². The molecule has 0 saturated carbocycles. The number of hydrogen-bond acceptors (Lipinski definition) is 5. The van der Waals surface area contributed by atoms with Crippen molar-refractivity contribution in [2.75, 3.05) is 4.90 Å². The summed E-state index contributed by atoms with van der Waals surface area (Å²) in [6, 6.07) is 71.3. The molecule has 0 radical (unpaired) electrons. The second-order valence-corrected chi connectivity index (χ2v) is 15.9. The Labute approximate surface area is 364 Å². The van der Waals surface area contributed by atoms with Crippen LogP contribution in [0, 0.1) is 0 Å². The third kappa shape index (κ3) is 6.46. The molecule has 3 aromatic heterocycles. The van der Waals surface area contributed by atoms with Crippen LogP contribution >= 0.6 is 0 Å². The number of anilines is 3. The highest BCUT2D eigenvalue weighted by Gasteiger charge is 2.20. The number of fused-ring (bicyclic) bond motifs is 6. The van der Waals surface area contributed by atoms with E-state index < -0.39 is 0 Å². The smallest absolute Gasteiger partial charge is 0.227 e. The molecule has 1 aliphatic rings. The van der Waals surface area contributed by atoms with E-state index in [0.717, 1.165) is 83.5 Å². The van der Waals surface area contributed by atoms with Gasteiger partial charge >= 0.3 is 0 Å². The van der Waals surface area contributed by atoms with Gasteiger partial charge < -0.3 is 19.1 Å². The van der Waals surface area contributed by atoms with Crippen LogP contribution in [0.3, 0.4) is 0 Å². The minimum absolute atomic E-state index is 0.648. The minimum atomic E-state index is 0.648. The number of para-hydroxylation sites is 2. The summed E-state index contributed by atoms with van der Waals surface area (Å²) < 4.78 is 12.8. The molecule has 1 aliphatic heterocycles. The first-order valence-corrected chi connectivity index (χ1v) is 21.3. The van der Waals surface area contributed by atoms with E-state index in [1.54, 1.807) is 6.20 Å². The van der Waals surface area contributed by atoms with Crippen LogP contribution in [-0.2, 0) is 6.54 Å². The largest absolute Gasteiger partial charge is 0.458 e. The number of benzene rings is 8. The maximum atomic E-state index is 6.46. The highest BCUT2D eigenvalue weighted by Crippen LogP contribution is 2.42. The van der Waals surface area contributed by atoms with E-state index in [1.807, 2.05) is 12.3 Å². The van der Waals surface area contributed by atoms with Gasteiger partial charge in [0.25, 0.3) is 0 Å². The maximum Gasteiger partial charge on any atom is 0.227 e. The summed E-state index contributed by atoms with van der Waals surface area (Å²) in [7, 11) is 0. The summed E-state index contributed by atoms with van der Waals surface area (Å²) in [5, 5.41) is 6.49. The zero-order valence-electron chi connectivity index (χ0n) is 34.2. The Bertz CT molecular complexity index is 3480. The van der Waals surface area contributed by atoms with E-state index in [0.29, 0.717) is 12.3 Å². The fourth-order valence-corrected chi connectivity index (χ4v) is 9.16. The quantitative estimate of drug-likeness (QED) is 0.166. The SMILES string of the molecule is C1=Cc2c(oc3c(-c4ccc(N(c5ccc(-c6ccc(-c7ccccc7)cc6-c6ccccc6)cc5)c5ccc(-c6cccc7c6oc6ncccc67)cc5)cc4)cccc23)CN1. The van der Waals surface area contributed by atoms with Crippen LogP contribution < -0.4 is 10.2 Å². The van der Waals surface area contributed by atoms with E-state index in [9.17, 15) is 0 Å². The highest BCUT2D eigenvalue weighted by atomic mass is 16.3. The molecule has 0 fully saturated rings. The van der Waals surface area contributed by atoms with Crippen LogP contribution in [0.5, 0.6) is 0 Å². The van der Waals surface area contributed by atoms with Crippen LogP contribution in [0.15, 0.2) is 221 Å². The average molecular weight is 810 g/mol. The van der Waals surface area contributed by atoms with Gasteiger partial charge in [-0.1, -0.05) is 146 Å². The molecule has 8 aromatic carbocycles. The molecule has 298 valence electrons. The Morgan fingerprint density at radius 3 is 1.60 bits per heavy atom. The first-order chi connectivity index (χ1) is 31.2. The molecule has 5 nitrogen and oxygen atoms in total. The first kappa shape index (κ1) is 36.4. The van der Waals surface area contributed by atoms with Crippen molar-refractivity contribution in [3.8, 4) is 55.6 Å². The van der Waals surface area contributed by atoms with Crippen LogP contribution in [0.4, 0.5) is 17.1 Å². The summed E-state index contributed by atoms with van der Waals surface area (Å²) in [5.41, 5.74) is 18.1. The molecule has 0 spiro atoms. The summed E-state index contributed by atoms with van der Waals surface area (Å²) in [6.45, 7) is 0.683. The summed E-state index contributed by atoms with van der Waals surface area (Å²) >= 11 is 0. The van der Waals surface area contributed by atoms with Gasteiger partial charge in [-0.3, -0.25) is 0 Å². The lowest BCUT2D eigenvalue weighted by Gasteiger charge is -2.26. The van der Waals surface area contributed by atoms with E-state index in [2.05, 4.69) is 215 Å². The van der Waals surface area contributed by atoms with Crippen LogP contribution in [0.25, 0.3) is 94.7 Å². The van der Waals surface area contributed by atoms with Crippen LogP contribution in [0.1, 0.15) is 11.3 Å². The Hall–Kier alpha value is -8.41. The molecule has 4 heterocycles.